The Balaban J connectivity index is 1.64. The number of hydrogen-bond acceptors (Lipinski definition) is 3. The van der Waals surface area contributed by atoms with Crippen LogP contribution in [0.1, 0.15) is 43.2 Å². The van der Waals surface area contributed by atoms with Gasteiger partial charge in [-0.1, -0.05) is 94.8 Å². The van der Waals surface area contributed by atoms with Gasteiger partial charge in [0, 0.05) is 39.1 Å². The summed E-state index contributed by atoms with van der Waals surface area (Å²) >= 11 is 16.4. The third-order valence-corrected chi connectivity index (χ3v) is 8.03. The van der Waals surface area contributed by atoms with Crippen LogP contribution in [0.4, 0.5) is 0 Å². The van der Waals surface area contributed by atoms with Gasteiger partial charge in [-0.3, -0.25) is 9.59 Å². The van der Waals surface area contributed by atoms with Crippen LogP contribution in [0.5, 0.6) is 5.75 Å². The fourth-order valence-electron chi connectivity index (χ4n) is 4.71. The molecule has 8 heteroatoms. The number of carbonyl (C=O) groups is 2. The Morgan fingerprint density at radius 3 is 2.24 bits per heavy atom. The van der Waals surface area contributed by atoms with Crippen LogP contribution < -0.4 is 10.1 Å². The first-order valence-electron chi connectivity index (χ1n) is 12.9. The highest BCUT2D eigenvalue weighted by Gasteiger charge is 2.33. The van der Waals surface area contributed by atoms with Crippen molar-refractivity contribution in [2.45, 2.75) is 57.2 Å². The number of benzene rings is 3. The molecule has 2 amide bonds. The fourth-order valence-corrected chi connectivity index (χ4v) is 5.49. The van der Waals surface area contributed by atoms with E-state index in [4.69, 9.17) is 27.9 Å². The molecule has 3 aromatic rings. The Morgan fingerprint density at radius 1 is 0.921 bits per heavy atom. The molecule has 1 aliphatic rings. The largest absolute Gasteiger partial charge is 0.484 e. The molecule has 1 fully saturated rings. The SMILES string of the molecule is O=C(NC1CCCCC1)[C@H](Cc1ccccc1)N(Cc1c(Cl)cccc1Cl)C(=O)COc1ccc(Br)cc1. The van der Waals surface area contributed by atoms with Gasteiger partial charge in [0.2, 0.25) is 5.91 Å². The molecular formula is C30H31BrCl2N2O3. The lowest BCUT2D eigenvalue weighted by molar-refractivity contribution is -0.143. The minimum atomic E-state index is -0.771. The number of ether oxygens (including phenoxy) is 1. The van der Waals surface area contributed by atoms with Crippen molar-refractivity contribution >= 4 is 50.9 Å². The van der Waals surface area contributed by atoms with Crippen LogP contribution in [-0.2, 0) is 22.6 Å². The minimum absolute atomic E-state index is 0.0800. The predicted molar refractivity (Wildman–Crippen MR) is 156 cm³/mol. The molecule has 0 bridgehead atoms. The molecule has 0 spiro atoms. The van der Waals surface area contributed by atoms with E-state index in [0.717, 1.165) is 35.7 Å². The molecule has 5 nitrogen and oxygen atoms in total. The zero-order valence-corrected chi connectivity index (χ0v) is 24.1. The van der Waals surface area contributed by atoms with Crippen LogP contribution >= 0.6 is 39.1 Å². The number of halogens is 3. The van der Waals surface area contributed by atoms with Crippen LogP contribution in [-0.4, -0.2) is 35.4 Å². The first kappa shape index (κ1) is 28.5. The van der Waals surface area contributed by atoms with Crippen LogP contribution in [0.15, 0.2) is 77.3 Å². The zero-order valence-electron chi connectivity index (χ0n) is 21.0. The maximum Gasteiger partial charge on any atom is 0.261 e. The summed E-state index contributed by atoms with van der Waals surface area (Å²) in [6.45, 7) is -0.150. The molecule has 0 aliphatic heterocycles. The fraction of sp³-hybridized carbons (Fsp3) is 0.333. The van der Waals surface area contributed by atoms with Crippen molar-refractivity contribution in [2.24, 2.45) is 0 Å². The molecule has 200 valence electrons. The molecule has 1 aliphatic carbocycles. The van der Waals surface area contributed by atoms with Crippen LogP contribution in [0, 0.1) is 0 Å². The highest BCUT2D eigenvalue weighted by molar-refractivity contribution is 9.10. The van der Waals surface area contributed by atoms with E-state index in [2.05, 4.69) is 21.2 Å². The molecule has 1 saturated carbocycles. The predicted octanol–water partition coefficient (Wildman–Crippen LogP) is 7.22. The topological polar surface area (TPSA) is 58.6 Å². The quantitative estimate of drug-likeness (QED) is 0.261. The van der Waals surface area contributed by atoms with Crippen molar-refractivity contribution in [2.75, 3.05) is 6.61 Å². The van der Waals surface area contributed by atoms with Crippen LogP contribution in [0.25, 0.3) is 0 Å². The van der Waals surface area contributed by atoms with E-state index in [0.29, 0.717) is 27.8 Å². The highest BCUT2D eigenvalue weighted by atomic mass is 79.9. The molecule has 0 radical (unpaired) electrons. The van der Waals surface area contributed by atoms with Gasteiger partial charge in [-0.25, -0.2) is 0 Å². The summed E-state index contributed by atoms with van der Waals surface area (Å²) in [6, 6.07) is 21.5. The zero-order chi connectivity index (χ0) is 26.9. The second-order valence-electron chi connectivity index (χ2n) is 9.51. The number of carbonyl (C=O) groups excluding carboxylic acids is 2. The van der Waals surface area contributed by atoms with Gasteiger partial charge in [0.15, 0.2) is 6.61 Å². The van der Waals surface area contributed by atoms with Crippen molar-refractivity contribution in [3.8, 4) is 5.75 Å². The van der Waals surface area contributed by atoms with Crippen LogP contribution in [0.3, 0.4) is 0 Å². The van der Waals surface area contributed by atoms with Gasteiger partial charge in [-0.15, -0.1) is 0 Å². The number of amides is 2. The molecule has 4 rings (SSSR count). The van der Waals surface area contributed by atoms with Gasteiger partial charge < -0.3 is 15.0 Å². The molecule has 1 atom stereocenters. The Kier molecular flexibility index (Phi) is 10.5. The second kappa shape index (κ2) is 14.0. The molecule has 0 saturated heterocycles. The first-order valence-corrected chi connectivity index (χ1v) is 14.4. The van der Waals surface area contributed by atoms with Crippen molar-refractivity contribution in [1.29, 1.82) is 0 Å². The monoisotopic (exact) mass is 616 g/mol. The normalized spacial score (nSPS) is 14.5. The molecular weight excluding hydrogens is 587 g/mol. The summed E-state index contributed by atoms with van der Waals surface area (Å²) in [6.07, 6.45) is 5.61. The first-order chi connectivity index (χ1) is 18.4. The van der Waals surface area contributed by atoms with Gasteiger partial charge in [-0.2, -0.15) is 0 Å². The highest BCUT2D eigenvalue weighted by Crippen LogP contribution is 2.28. The maximum atomic E-state index is 13.8. The molecule has 38 heavy (non-hydrogen) atoms. The van der Waals surface area contributed by atoms with Gasteiger partial charge >= 0.3 is 0 Å². The summed E-state index contributed by atoms with van der Waals surface area (Å²) < 4.78 is 6.73. The Hall–Kier alpha value is -2.54. The Morgan fingerprint density at radius 2 is 1.58 bits per heavy atom. The molecule has 1 N–H and O–H groups in total. The van der Waals surface area contributed by atoms with E-state index in [9.17, 15) is 9.59 Å². The molecule has 0 unspecified atom stereocenters. The number of nitrogens with one attached hydrogen (secondary N) is 1. The lowest BCUT2D eigenvalue weighted by Crippen LogP contribution is -2.53. The van der Waals surface area contributed by atoms with E-state index in [1.807, 2.05) is 42.5 Å². The number of hydrogen-bond donors (Lipinski definition) is 1. The van der Waals surface area contributed by atoms with E-state index in [1.165, 1.54) is 6.42 Å². The smallest absolute Gasteiger partial charge is 0.261 e. The lowest BCUT2D eigenvalue weighted by atomic mass is 9.94. The molecule has 0 heterocycles. The van der Waals surface area contributed by atoms with Crippen LogP contribution in [0.2, 0.25) is 10.0 Å². The summed E-state index contributed by atoms with van der Waals surface area (Å²) in [5, 5.41) is 4.10. The van der Waals surface area contributed by atoms with Crippen molar-refractivity contribution < 1.29 is 14.3 Å². The summed E-state index contributed by atoms with van der Waals surface area (Å²) in [5.74, 6) is 0.0492. The number of nitrogens with zero attached hydrogens (tertiary/aromatic N) is 1. The molecule has 0 aromatic heterocycles. The van der Waals surface area contributed by atoms with E-state index in [1.54, 1.807) is 35.2 Å². The van der Waals surface area contributed by atoms with Gasteiger partial charge in [0.25, 0.3) is 5.91 Å². The van der Waals surface area contributed by atoms with Crippen molar-refractivity contribution in [3.63, 3.8) is 0 Å². The second-order valence-corrected chi connectivity index (χ2v) is 11.2. The lowest BCUT2D eigenvalue weighted by Gasteiger charge is -2.33. The van der Waals surface area contributed by atoms with E-state index < -0.39 is 6.04 Å². The average Bonchev–Trinajstić information content (AvgIpc) is 2.92. The Bertz CT molecular complexity index is 1200. The van der Waals surface area contributed by atoms with Gasteiger partial charge in [0.05, 0.1) is 0 Å². The maximum absolute atomic E-state index is 13.8. The summed E-state index contributed by atoms with van der Waals surface area (Å²) in [5.41, 5.74) is 1.55. The summed E-state index contributed by atoms with van der Waals surface area (Å²) in [7, 11) is 0. The van der Waals surface area contributed by atoms with Crippen molar-refractivity contribution in [3.05, 3.63) is 98.4 Å². The van der Waals surface area contributed by atoms with E-state index in [-0.39, 0.29) is 31.0 Å². The van der Waals surface area contributed by atoms with Gasteiger partial charge in [-0.05, 0) is 54.8 Å². The van der Waals surface area contributed by atoms with Gasteiger partial charge in [0.1, 0.15) is 11.8 Å². The Labute approximate surface area is 242 Å². The standard InChI is InChI=1S/C30H31BrCl2N2O3/c31-22-14-16-24(17-15-22)38-20-29(36)35(19-25-26(32)12-7-13-27(25)33)28(18-21-8-3-1-4-9-21)30(37)34-23-10-5-2-6-11-23/h1,3-4,7-9,12-17,23,28H,2,5-6,10-11,18-20H2,(H,34,37)/t28-/m0/s1. The number of rotatable bonds is 10. The third kappa shape index (κ3) is 7.98. The van der Waals surface area contributed by atoms with E-state index >= 15 is 0 Å². The summed E-state index contributed by atoms with van der Waals surface area (Å²) in [4.78, 5) is 29.1. The van der Waals surface area contributed by atoms with Crippen molar-refractivity contribution in [1.82, 2.24) is 10.2 Å². The molecule has 3 aromatic carbocycles. The third-order valence-electron chi connectivity index (χ3n) is 6.79. The average molecular weight is 618 g/mol. The minimum Gasteiger partial charge on any atom is -0.484 e.